The number of rotatable bonds is 10. The molecule has 0 atom stereocenters. The smallest absolute Gasteiger partial charge is 0.310 e. The van der Waals surface area contributed by atoms with E-state index in [4.69, 9.17) is 9.47 Å². The fourth-order valence-corrected chi connectivity index (χ4v) is 2.68. The molecule has 138 valence electrons. The van der Waals surface area contributed by atoms with Crippen molar-refractivity contribution in [2.45, 2.75) is 45.6 Å². The van der Waals surface area contributed by atoms with E-state index in [2.05, 4.69) is 0 Å². The summed E-state index contributed by atoms with van der Waals surface area (Å²) in [6.07, 6.45) is 3.33. The first-order valence-corrected chi connectivity index (χ1v) is 9.10. The third-order valence-electron chi connectivity index (χ3n) is 3.98. The van der Waals surface area contributed by atoms with Crippen molar-refractivity contribution in [3.05, 3.63) is 71.3 Å². The molecule has 4 heteroatoms. The zero-order chi connectivity index (χ0) is 18.6. The molecule has 0 aliphatic heterocycles. The zero-order valence-electron chi connectivity index (χ0n) is 15.3. The topological polar surface area (TPSA) is 52.6 Å². The van der Waals surface area contributed by atoms with Crippen LogP contribution in [0.3, 0.4) is 0 Å². The Bertz CT molecular complexity index is 694. The highest BCUT2D eigenvalue weighted by Crippen LogP contribution is 2.12. The van der Waals surface area contributed by atoms with Crippen molar-refractivity contribution < 1.29 is 19.1 Å². The van der Waals surface area contributed by atoms with E-state index in [1.54, 1.807) is 0 Å². The van der Waals surface area contributed by atoms with Gasteiger partial charge in [-0.25, -0.2) is 0 Å². The average Bonchev–Trinajstić information content (AvgIpc) is 2.65. The molecule has 0 saturated heterocycles. The Morgan fingerprint density at radius 1 is 0.808 bits per heavy atom. The van der Waals surface area contributed by atoms with Gasteiger partial charge in [0.15, 0.2) is 0 Å². The monoisotopic (exact) mass is 354 g/mol. The summed E-state index contributed by atoms with van der Waals surface area (Å²) in [6.45, 7) is 2.54. The minimum Gasteiger partial charge on any atom is -0.466 e. The van der Waals surface area contributed by atoms with Gasteiger partial charge < -0.3 is 9.47 Å². The second-order valence-electron chi connectivity index (χ2n) is 6.16. The van der Waals surface area contributed by atoms with Gasteiger partial charge in [0.2, 0.25) is 0 Å². The lowest BCUT2D eigenvalue weighted by Gasteiger charge is -2.07. The largest absolute Gasteiger partial charge is 0.466 e. The van der Waals surface area contributed by atoms with Gasteiger partial charge in [0.25, 0.3) is 0 Å². The number of hydrogen-bond acceptors (Lipinski definition) is 4. The number of hydrogen-bond donors (Lipinski definition) is 0. The Morgan fingerprint density at radius 2 is 1.54 bits per heavy atom. The third-order valence-corrected chi connectivity index (χ3v) is 3.98. The van der Waals surface area contributed by atoms with Gasteiger partial charge in [-0.15, -0.1) is 0 Å². The van der Waals surface area contributed by atoms with Crippen molar-refractivity contribution >= 4 is 11.9 Å². The molecule has 0 aromatic heterocycles. The summed E-state index contributed by atoms with van der Waals surface area (Å²) in [5.74, 6) is -0.365. The molecule has 4 nitrogen and oxygen atoms in total. The quantitative estimate of drug-likeness (QED) is 0.473. The number of aryl methyl sites for hydroxylation is 1. The summed E-state index contributed by atoms with van der Waals surface area (Å²) < 4.78 is 10.3. The normalized spacial score (nSPS) is 10.3. The van der Waals surface area contributed by atoms with Gasteiger partial charge in [0.05, 0.1) is 13.0 Å². The van der Waals surface area contributed by atoms with Crippen LogP contribution in [0.15, 0.2) is 54.6 Å². The number of unbranched alkanes of at least 4 members (excludes halogenated alkanes) is 1. The first kappa shape index (κ1) is 19.7. The molecular formula is C22H26O4. The highest BCUT2D eigenvalue weighted by molar-refractivity contribution is 5.72. The SMILES string of the molecule is CCOC(=O)CCCCc1cccc(CC(=O)OCc2ccccc2)c1. The van der Waals surface area contributed by atoms with Crippen LogP contribution in [0.4, 0.5) is 0 Å². The second kappa shape index (κ2) is 11.1. The standard InChI is InChI=1S/C22H26O4/c1-2-25-21(23)14-7-6-9-18-12-8-13-20(15-18)16-22(24)26-17-19-10-4-3-5-11-19/h3-5,8,10-13,15H,2,6-7,9,14,16-17H2,1H3. The van der Waals surface area contributed by atoms with Gasteiger partial charge in [-0.05, 0) is 42.9 Å². The first-order chi connectivity index (χ1) is 12.7. The summed E-state index contributed by atoms with van der Waals surface area (Å²) in [7, 11) is 0. The van der Waals surface area contributed by atoms with E-state index in [9.17, 15) is 9.59 Å². The van der Waals surface area contributed by atoms with E-state index < -0.39 is 0 Å². The molecule has 2 aromatic carbocycles. The predicted molar refractivity (Wildman–Crippen MR) is 101 cm³/mol. The molecule has 0 N–H and O–H groups in total. The van der Waals surface area contributed by atoms with E-state index in [-0.39, 0.29) is 18.4 Å². The van der Waals surface area contributed by atoms with E-state index in [0.29, 0.717) is 19.6 Å². The Balaban J connectivity index is 1.73. The van der Waals surface area contributed by atoms with Crippen molar-refractivity contribution in [3.63, 3.8) is 0 Å². The van der Waals surface area contributed by atoms with E-state index >= 15 is 0 Å². The fraction of sp³-hybridized carbons (Fsp3) is 0.364. The minimum atomic E-state index is -0.228. The lowest BCUT2D eigenvalue weighted by Crippen LogP contribution is -2.08. The Labute approximate surface area is 155 Å². The van der Waals surface area contributed by atoms with Crippen LogP contribution in [0.5, 0.6) is 0 Å². The number of carbonyl (C=O) groups is 2. The van der Waals surface area contributed by atoms with E-state index in [1.165, 1.54) is 5.56 Å². The molecule has 0 amide bonds. The van der Waals surface area contributed by atoms with Crippen LogP contribution in [-0.4, -0.2) is 18.5 Å². The number of carbonyl (C=O) groups excluding carboxylic acids is 2. The molecule has 0 aliphatic rings. The number of ether oxygens (including phenoxy) is 2. The van der Waals surface area contributed by atoms with Gasteiger partial charge in [-0.2, -0.15) is 0 Å². The van der Waals surface area contributed by atoms with Crippen molar-refractivity contribution in [2.24, 2.45) is 0 Å². The molecule has 0 unspecified atom stereocenters. The Morgan fingerprint density at radius 3 is 2.31 bits per heavy atom. The van der Waals surface area contributed by atoms with E-state index in [1.807, 2.05) is 61.5 Å². The summed E-state index contributed by atoms with van der Waals surface area (Å²) in [5, 5.41) is 0. The lowest BCUT2D eigenvalue weighted by atomic mass is 10.0. The molecule has 0 aliphatic carbocycles. The molecular weight excluding hydrogens is 328 g/mol. The van der Waals surface area contributed by atoms with Crippen LogP contribution in [-0.2, 0) is 38.5 Å². The van der Waals surface area contributed by atoms with Gasteiger partial charge in [0.1, 0.15) is 6.61 Å². The highest BCUT2D eigenvalue weighted by atomic mass is 16.5. The molecule has 2 rings (SSSR count). The van der Waals surface area contributed by atoms with Crippen molar-refractivity contribution in [3.8, 4) is 0 Å². The van der Waals surface area contributed by atoms with Crippen molar-refractivity contribution in [2.75, 3.05) is 6.61 Å². The van der Waals surface area contributed by atoms with Crippen molar-refractivity contribution in [1.29, 1.82) is 0 Å². The van der Waals surface area contributed by atoms with Crippen LogP contribution in [0.1, 0.15) is 42.9 Å². The van der Waals surface area contributed by atoms with Crippen LogP contribution in [0, 0.1) is 0 Å². The van der Waals surface area contributed by atoms with Crippen LogP contribution in [0.25, 0.3) is 0 Å². The molecule has 0 heterocycles. The second-order valence-corrected chi connectivity index (χ2v) is 6.16. The van der Waals surface area contributed by atoms with Gasteiger partial charge in [-0.1, -0.05) is 54.6 Å². The summed E-state index contributed by atoms with van der Waals surface area (Å²) in [4.78, 5) is 23.3. The van der Waals surface area contributed by atoms with Gasteiger partial charge in [0, 0.05) is 6.42 Å². The van der Waals surface area contributed by atoms with Crippen LogP contribution in [0.2, 0.25) is 0 Å². The molecule has 0 fully saturated rings. The van der Waals surface area contributed by atoms with Crippen molar-refractivity contribution in [1.82, 2.24) is 0 Å². The van der Waals surface area contributed by atoms with Gasteiger partial charge >= 0.3 is 11.9 Å². The number of esters is 2. The van der Waals surface area contributed by atoms with Crippen LogP contribution >= 0.6 is 0 Å². The summed E-state index contributed by atoms with van der Waals surface area (Å²) in [6, 6.07) is 17.6. The summed E-state index contributed by atoms with van der Waals surface area (Å²) >= 11 is 0. The maximum absolute atomic E-state index is 12.0. The lowest BCUT2D eigenvalue weighted by molar-refractivity contribution is -0.144. The molecule has 0 radical (unpaired) electrons. The van der Waals surface area contributed by atoms with Crippen LogP contribution < -0.4 is 0 Å². The van der Waals surface area contributed by atoms with Gasteiger partial charge in [-0.3, -0.25) is 9.59 Å². The molecule has 0 spiro atoms. The Kier molecular flexibility index (Phi) is 8.40. The fourth-order valence-electron chi connectivity index (χ4n) is 2.68. The predicted octanol–water partition coefficient (Wildman–Crippen LogP) is 4.25. The minimum absolute atomic E-state index is 0.137. The first-order valence-electron chi connectivity index (χ1n) is 9.10. The summed E-state index contributed by atoms with van der Waals surface area (Å²) in [5.41, 5.74) is 3.10. The molecule has 2 aromatic rings. The maximum atomic E-state index is 12.0. The Hall–Kier alpha value is -2.62. The molecule has 26 heavy (non-hydrogen) atoms. The molecule has 0 saturated carbocycles. The molecule has 0 bridgehead atoms. The average molecular weight is 354 g/mol. The third kappa shape index (κ3) is 7.51. The maximum Gasteiger partial charge on any atom is 0.310 e. The van der Waals surface area contributed by atoms with E-state index in [0.717, 1.165) is 30.4 Å². The zero-order valence-corrected chi connectivity index (χ0v) is 15.3. The number of benzene rings is 2. The highest BCUT2D eigenvalue weighted by Gasteiger charge is 2.07.